The number of primary amides is 1. The number of hydrogen-bond acceptors (Lipinski definition) is 3. The van der Waals surface area contributed by atoms with Crippen molar-refractivity contribution in [1.29, 1.82) is 0 Å². The highest BCUT2D eigenvalue weighted by Crippen LogP contribution is 2.20. The summed E-state index contributed by atoms with van der Waals surface area (Å²) in [6.45, 7) is 0. The lowest BCUT2D eigenvalue weighted by molar-refractivity contribution is 0.0992. The number of aryl methyl sites for hydroxylation is 1. The van der Waals surface area contributed by atoms with Crippen molar-refractivity contribution in [2.24, 2.45) is 12.8 Å². The van der Waals surface area contributed by atoms with Crippen molar-refractivity contribution >= 4 is 27.5 Å². The van der Waals surface area contributed by atoms with Crippen molar-refractivity contribution in [2.45, 2.75) is 0 Å². The number of hydrogen-bond donors (Lipinski definition) is 2. The highest BCUT2D eigenvalue weighted by molar-refractivity contribution is 9.10. The Morgan fingerprint density at radius 1 is 1.73 bits per heavy atom. The molecule has 11 heavy (non-hydrogen) atoms. The second-order valence-electron chi connectivity index (χ2n) is 2.04. The summed E-state index contributed by atoms with van der Waals surface area (Å²) in [7, 11) is 1.60. The zero-order valence-corrected chi connectivity index (χ0v) is 7.42. The van der Waals surface area contributed by atoms with Gasteiger partial charge in [0, 0.05) is 7.05 Å². The number of anilines is 1. The summed E-state index contributed by atoms with van der Waals surface area (Å²) in [5, 5.41) is 3.84. The summed E-state index contributed by atoms with van der Waals surface area (Å²) in [6, 6.07) is 0. The number of rotatable bonds is 1. The van der Waals surface area contributed by atoms with E-state index in [1.165, 1.54) is 4.68 Å². The summed E-state index contributed by atoms with van der Waals surface area (Å²) >= 11 is 3.07. The molecule has 0 saturated carbocycles. The van der Waals surface area contributed by atoms with Gasteiger partial charge in [0.15, 0.2) is 4.60 Å². The van der Waals surface area contributed by atoms with Crippen molar-refractivity contribution in [3.63, 3.8) is 0 Å². The Kier molecular flexibility index (Phi) is 1.86. The zero-order valence-electron chi connectivity index (χ0n) is 5.84. The molecule has 6 heteroatoms. The maximum absolute atomic E-state index is 10.7. The molecule has 1 aromatic rings. The molecule has 1 heterocycles. The first kappa shape index (κ1) is 8.06. The lowest BCUT2D eigenvalue weighted by Gasteiger charge is -1.95. The number of nitrogen functional groups attached to an aromatic ring is 1. The van der Waals surface area contributed by atoms with Gasteiger partial charge in [0.05, 0.1) is 5.69 Å². The third-order valence-electron chi connectivity index (χ3n) is 1.27. The van der Waals surface area contributed by atoms with Crippen LogP contribution >= 0.6 is 15.9 Å². The average molecular weight is 219 g/mol. The van der Waals surface area contributed by atoms with Crippen molar-refractivity contribution in [3.8, 4) is 0 Å². The number of halogens is 1. The molecule has 0 spiro atoms. The van der Waals surface area contributed by atoms with E-state index in [2.05, 4.69) is 21.0 Å². The number of carbonyl (C=O) groups excluding carboxylic acids is 1. The second kappa shape index (κ2) is 2.54. The molecule has 0 saturated heterocycles. The average Bonchev–Trinajstić information content (AvgIpc) is 2.07. The summed E-state index contributed by atoms with van der Waals surface area (Å²) in [4.78, 5) is 10.7. The quantitative estimate of drug-likeness (QED) is 0.689. The fraction of sp³-hybridized carbons (Fsp3) is 0.200. The van der Waals surface area contributed by atoms with E-state index in [1.807, 2.05) is 0 Å². The molecule has 0 unspecified atom stereocenters. The highest BCUT2D eigenvalue weighted by atomic mass is 79.9. The highest BCUT2D eigenvalue weighted by Gasteiger charge is 2.15. The molecule has 4 N–H and O–H groups in total. The summed E-state index contributed by atoms with van der Waals surface area (Å²) in [5.74, 6) is -0.580. The lowest BCUT2D eigenvalue weighted by Crippen LogP contribution is -2.17. The molecule has 0 fully saturated rings. The molecule has 5 nitrogen and oxygen atoms in total. The van der Waals surface area contributed by atoms with Gasteiger partial charge in [-0.05, 0) is 15.9 Å². The zero-order chi connectivity index (χ0) is 8.59. The van der Waals surface area contributed by atoms with E-state index >= 15 is 0 Å². The number of nitrogens with two attached hydrogens (primary N) is 2. The van der Waals surface area contributed by atoms with E-state index in [-0.39, 0.29) is 11.4 Å². The van der Waals surface area contributed by atoms with Crippen molar-refractivity contribution < 1.29 is 4.79 Å². The molecule has 0 atom stereocenters. The van der Waals surface area contributed by atoms with Crippen LogP contribution in [-0.2, 0) is 7.05 Å². The van der Waals surface area contributed by atoms with Crippen LogP contribution in [0.15, 0.2) is 4.60 Å². The molecule has 1 rings (SSSR count). The fourth-order valence-corrected chi connectivity index (χ4v) is 1.23. The third kappa shape index (κ3) is 1.21. The van der Waals surface area contributed by atoms with Crippen LogP contribution in [-0.4, -0.2) is 15.7 Å². The molecule has 0 aliphatic heterocycles. The van der Waals surface area contributed by atoms with Gasteiger partial charge in [-0.25, -0.2) is 0 Å². The molecule has 0 aliphatic rings. The molecule has 0 aliphatic carbocycles. The lowest BCUT2D eigenvalue weighted by atomic mass is 10.3. The predicted molar refractivity (Wildman–Crippen MR) is 43.8 cm³/mol. The Balaban J connectivity index is 3.34. The van der Waals surface area contributed by atoms with Crippen molar-refractivity contribution in [1.82, 2.24) is 9.78 Å². The molecule has 0 aromatic carbocycles. The Bertz CT molecular complexity index is 306. The molecule has 1 aromatic heterocycles. The number of amides is 1. The van der Waals surface area contributed by atoms with Gasteiger partial charge in [-0.3, -0.25) is 9.48 Å². The molecule has 60 valence electrons. The largest absolute Gasteiger partial charge is 0.395 e. The maximum Gasteiger partial charge on any atom is 0.269 e. The standard InChI is InChI=1S/C5H7BrN4O/c1-10-3(5(8)11)2(7)4(6)9-10/h7H2,1H3,(H2,8,11). The van der Waals surface area contributed by atoms with Crippen LogP contribution in [0.3, 0.4) is 0 Å². The Labute approximate surface area is 71.5 Å². The van der Waals surface area contributed by atoms with Gasteiger partial charge in [0.1, 0.15) is 5.69 Å². The summed E-state index contributed by atoms with van der Waals surface area (Å²) in [6.07, 6.45) is 0. The van der Waals surface area contributed by atoms with Crippen LogP contribution in [0.25, 0.3) is 0 Å². The first-order chi connectivity index (χ1) is 5.04. The fourth-order valence-electron chi connectivity index (χ4n) is 0.800. The van der Waals surface area contributed by atoms with Crippen LogP contribution in [0.2, 0.25) is 0 Å². The number of aromatic nitrogens is 2. The van der Waals surface area contributed by atoms with Crippen LogP contribution in [0.5, 0.6) is 0 Å². The summed E-state index contributed by atoms with van der Waals surface area (Å²) in [5.41, 5.74) is 11.0. The third-order valence-corrected chi connectivity index (χ3v) is 1.86. The monoisotopic (exact) mass is 218 g/mol. The van der Waals surface area contributed by atoms with Crippen LogP contribution < -0.4 is 11.5 Å². The Morgan fingerprint density at radius 3 is 2.45 bits per heavy atom. The molecule has 1 amide bonds. The Hall–Kier alpha value is -1.04. The second-order valence-corrected chi connectivity index (χ2v) is 2.79. The smallest absolute Gasteiger partial charge is 0.269 e. The van der Waals surface area contributed by atoms with E-state index in [9.17, 15) is 4.79 Å². The van der Waals surface area contributed by atoms with Crippen LogP contribution in [0, 0.1) is 0 Å². The molecular weight excluding hydrogens is 212 g/mol. The minimum atomic E-state index is -0.580. The minimum Gasteiger partial charge on any atom is -0.395 e. The molecular formula is C5H7BrN4O. The maximum atomic E-state index is 10.7. The predicted octanol–water partition coefficient (Wildman–Crippen LogP) is -0.136. The van der Waals surface area contributed by atoms with Gasteiger partial charge < -0.3 is 11.5 Å². The molecule has 0 bridgehead atoms. The minimum absolute atomic E-state index is 0.219. The normalized spacial score (nSPS) is 10.0. The van der Waals surface area contributed by atoms with Gasteiger partial charge in [-0.1, -0.05) is 0 Å². The SMILES string of the molecule is Cn1nc(Br)c(N)c1C(N)=O. The topological polar surface area (TPSA) is 86.9 Å². The van der Waals surface area contributed by atoms with Gasteiger partial charge >= 0.3 is 0 Å². The molecule has 0 radical (unpaired) electrons. The number of carbonyl (C=O) groups is 1. The Morgan fingerprint density at radius 2 is 2.27 bits per heavy atom. The van der Waals surface area contributed by atoms with Gasteiger partial charge in [0.25, 0.3) is 5.91 Å². The van der Waals surface area contributed by atoms with Crippen LogP contribution in [0.1, 0.15) is 10.5 Å². The summed E-state index contributed by atoms with van der Waals surface area (Å²) < 4.78 is 1.77. The van der Waals surface area contributed by atoms with Gasteiger partial charge in [0.2, 0.25) is 0 Å². The van der Waals surface area contributed by atoms with E-state index in [0.717, 1.165) is 0 Å². The van der Waals surface area contributed by atoms with E-state index in [0.29, 0.717) is 4.60 Å². The van der Waals surface area contributed by atoms with Gasteiger partial charge in [-0.2, -0.15) is 5.10 Å². The van der Waals surface area contributed by atoms with Crippen LogP contribution in [0.4, 0.5) is 5.69 Å². The first-order valence-electron chi connectivity index (χ1n) is 2.81. The van der Waals surface area contributed by atoms with E-state index < -0.39 is 5.91 Å². The van der Waals surface area contributed by atoms with Crippen molar-refractivity contribution in [2.75, 3.05) is 5.73 Å². The van der Waals surface area contributed by atoms with E-state index in [4.69, 9.17) is 11.5 Å². The first-order valence-corrected chi connectivity index (χ1v) is 3.61. The van der Waals surface area contributed by atoms with E-state index in [1.54, 1.807) is 7.05 Å². The van der Waals surface area contributed by atoms with Gasteiger partial charge in [-0.15, -0.1) is 0 Å². The number of nitrogens with zero attached hydrogens (tertiary/aromatic N) is 2. The van der Waals surface area contributed by atoms with Crippen molar-refractivity contribution in [3.05, 3.63) is 10.3 Å².